The highest BCUT2D eigenvalue weighted by molar-refractivity contribution is 5.81. The lowest BCUT2D eigenvalue weighted by atomic mass is 9.83. The third-order valence-electron chi connectivity index (χ3n) is 5.90. The monoisotopic (exact) mass is 324 g/mol. The van der Waals surface area contributed by atoms with Gasteiger partial charge < -0.3 is 5.11 Å². The molecule has 1 heteroatoms. The number of benzene rings is 3. The maximum Gasteiger partial charge on any atom is 0.123 e. The first kappa shape index (κ1) is 14.5. The quantitative estimate of drug-likeness (QED) is 0.473. The second-order valence-electron chi connectivity index (χ2n) is 7.21. The van der Waals surface area contributed by atoms with E-state index < -0.39 is 0 Å². The number of aryl methyl sites for hydroxylation is 1. The van der Waals surface area contributed by atoms with Crippen molar-refractivity contribution >= 4 is 6.08 Å². The molecule has 0 spiro atoms. The van der Waals surface area contributed by atoms with Crippen LogP contribution in [0.3, 0.4) is 0 Å². The van der Waals surface area contributed by atoms with Gasteiger partial charge in [0.2, 0.25) is 0 Å². The lowest BCUT2D eigenvalue weighted by Gasteiger charge is -2.21. The van der Waals surface area contributed by atoms with Crippen molar-refractivity contribution in [3.8, 4) is 16.9 Å². The van der Waals surface area contributed by atoms with Crippen molar-refractivity contribution in [2.75, 3.05) is 0 Å². The normalized spacial score (nSPS) is 16.6. The van der Waals surface area contributed by atoms with Gasteiger partial charge in [0.25, 0.3) is 0 Å². The molecule has 0 saturated heterocycles. The fraction of sp³-hybridized carbons (Fsp3) is 0.167. The van der Waals surface area contributed by atoms with Crippen LogP contribution in [-0.4, -0.2) is 5.11 Å². The summed E-state index contributed by atoms with van der Waals surface area (Å²) in [5.74, 6) is 0.603. The van der Waals surface area contributed by atoms with E-state index in [1.165, 1.54) is 44.5 Å². The first-order valence-corrected chi connectivity index (χ1v) is 8.86. The van der Waals surface area contributed by atoms with Crippen molar-refractivity contribution in [2.24, 2.45) is 0 Å². The highest BCUT2D eigenvalue weighted by Crippen LogP contribution is 2.47. The molecule has 0 amide bonds. The van der Waals surface area contributed by atoms with E-state index in [1.54, 1.807) is 6.07 Å². The number of aromatic hydroxyl groups is 1. The lowest BCUT2D eigenvalue weighted by molar-refractivity contribution is 0.473. The lowest BCUT2D eigenvalue weighted by Crippen LogP contribution is -2.05. The molecule has 0 heterocycles. The summed E-state index contributed by atoms with van der Waals surface area (Å²) in [6.45, 7) is 4.45. The summed E-state index contributed by atoms with van der Waals surface area (Å²) in [6.07, 6.45) is 5.32. The van der Waals surface area contributed by atoms with Gasteiger partial charge in [-0.25, -0.2) is 0 Å². The van der Waals surface area contributed by atoms with Gasteiger partial charge in [-0.05, 0) is 70.8 Å². The third kappa shape index (κ3) is 1.96. The zero-order valence-corrected chi connectivity index (χ0v) is 14.5. The summed E-state index contributed by atoms with van der Waals surface area (Å²) in [5, 5.41) is 10.2. The largest absolute Gasteiger partial charge is 0.507 e. The van der Waals surface area contributed by atoms with Crippen LogP contribution in [0.1, 0.15) is 44.9 Å². The molecule has 1 nitrogen and oxygen atoms in total. The average Bonchev–Trinajstić information content (AvgIpc) is 3.19. The van der Waals surface area contributed by atoms with Gasteiger partial charge in [0.1, 0.15) is 5.75 Å². The molecular weight excluding hydrogens is 304 g/mol. The van der Waals surface area contributed by atoms with Crippen LogP contribution in [0.2, 0.25) is 0 Å². The highest BCUT2D eigenvalue weighted by Gasteiger charge is 2.30. The second kappa shape index (κ2) is 5.10. The topological polar surface area (TPSA) is 20.2 Å². The SMILES string of the molecule is Cc1cc2c(c(C3C=Cc4c(O)cccc43)c1C)Cc1ccccc1-2. The molecule has 1 unspecified atom stereocenters. The molecule has 0 radical (unpaired) electrons. The molecule has 122 valence electrons. The van der Waals surface area contributed by atoms with Crippen molar-refractivity contribution < 1.29 is 5.11 Å². The Labute approximate surface area is 148 Å². The number of phenolic OH excluding ortho intramolecular Hbond substituents is 1. The van der Waals surface area contributed by atoms with Crippen LogP contribution in [0.25, 0.3) is 17.2 Å². The Balaban J connectivity index is 1.77. The van der Waals surface area contributed by atoms with Gasteiger partial charge in [-0.3, -0.25) is 0 Å². The van der Waals surface area contributed by atoms with Crippen LogP contribution >= 0.6 is 0 Å². The van der Waals surface area contributed by atoms with Crippen LogP contribution in [0.15, 0.2) is 54.6 Å². The van der Waals surface area contributed by atoms with Crippen LogP contribution in [-0.2, 0) is 6.42 Å². The molecule has 0 fully saturated rings. The Kier molecular flexibility index (Phi) is 2.96. The summed E-state index contributed by atoms with van der Waals surface area (Å²) < 4.78 is 0. The summed E-state index contributed by atoms with van der Waals surface area (Å²) in [6, 6.07) is 17.0. The van der Waals surface area contributed by atoms with E-state index in [-0.39, 0.29) is 5.92 Å². The summed E-state index contributed by atoms with van der Waals surface area (Å²) in [4.78, 5) is 0. The van der Waals surface area contributed by atoms with Gasteiger partial charge in [0.15, 0.2) is 0 Å². The molecule has 0 aromatic heterocycles. The zero-order chi connectivity index (χ0) is 17.1. The number of allylic oxidation sites excluding steroid dienone is 1. The number of hydrogen-bond donors (Lipinski definition) is 1. The Morgan fingerprint density at radius 1 is 0.960 bits per heavy atom. The van der Waals surface area contributed by atoms with E-state index in [4.69, 9.17) is 0 Å². The summed E-state index contributed by atoms with van der Waals surface area (Å²) in [7, 11) is 0. The molecule has 1 atom stereocenters. The van der Waals surface area contributed by atoms with Crippen molar-refractivity contribution in [3.63, 3.8) is 0 Å². The Hall–Kier alpha value is -2.80. The average molecular weight is 324 g/mol. The molecule has 0 saturated carbocycles. The molecule has 2 aliphatic carbocycles. The molecule has 25 heavy (non-hydrogen) atoms. The van der Waals surface area contributed by atoms with E-state index in [1.807, 2.05) is 6.07 Å². The second-order valence-corrected chi connectivity index (χ2v) is 7.21. The van der Waals surface area contributed by atoms with Crippen LogP contribution < -0.4 is 0 Å². The first-order valence-electron chi connectivity index (χ1n) is 8.86. The highest BCUT2D eigenvalue weighted by atomic mass is 16.3. The number of fused-ring (bicyclic) bond motifs is 4. The Morgan fingerprint density at radius 3 is 2.68 bits per heavy atom. The standard InChI is InChI=1S/C24H20O/c1-14-12-21-17-7-4-3-6-16(17)13-22(21)24(15(14)2)20-11-10-19-18(20)8-5-9-23(19)25/h3-12,20,25H,13H2,1-2H3. The fourth-order valence-electron chi connectivity index (χ4n) is 4.55. The van der Waals surface area contributed by atoms with Crippen molar-refractivity contribution in [3.05, 3.63) is 93.6 Å². The molecule has 2 aliphatic rings. The molecule has 5 rings (SSSR count). The van der Waals surface area contributed by atoms with E-state index >= 15 is 0 Å². The molecule has 3 aromatic rings. The number of phenols is 1. The van der Waals surface area contributed by atoms with Crippen molar-refractivity contribution in [2.45, 2.75) is 26.2 Å². The van der Waals surface area contributed by atoms with Gasteiger partial charge in [-0.2, -0.15) is 0 Å². The Bertz CT molecular complexity index is 1060. The minimum atomic E-state index is 0.227. The van der Waals surface area contributed by atoms with Crippen molar-refractivity contribution in [1.82, 2.24) is 0 Å². The maximum atomic E-state index is 10.2. The van der Waals surface area contributed by atoms with E-state index in [9.17, 15) is 5.11 Å². The minimum Gasteiger partial charge on any atom is -0.507 e. The van der Waals surface area contributed by atoms with E-state index in [2.05, 4.69) is 62.4 Å². The smallest absolute Gasteiger partial charge is 0.123 e. The third-order valence-corrected chi connectivity index (χ3v) is 5.90. The minimum absolute atomic E-state index is 0.227. The van der Waals surface area contributed by atoms with Gasteiger partial charge in [-0.15, -0.1) is 0 Å². The van der Waals surface area contributed by atoms with Crippen LogP contribution in [0.4, 0.5) is 0 Å². The number of hydrogen-bond acceptors (Lipinski definition) is 1. The van der Waals surface area contributed by atoms with Gasteiger partial charge >= 0.3 is 0 Å². The van der Waals surface area contributed by atoms with Gasteiger partial charge in [0.05, 0.1) is 0 Å². The van der Waals surface area contributed by atoms with Crippen LogP contribution in [0.5, 0.6) is 5.75 Å². The predicted molar refractivity (Wildman–Crippen MR) is 103 cm³/mol. The molecule has 0 bridgehead atoms. The van der Waals surface area contributed by atoms with E-state index in [0.717, 1.165) is 12.0 Å². The van der Waals surface area contributed by atoms with Gasteiger partial charge in [0, 0.05) is 11.5 Å². The summed E-state index contributed by atoms with van der Waals surface area (Å²) >= 11 is 0. The zero-order valence-electron chi connectivity index (χ0n) is 14.5. The van der Waals surface area contributed by atoms with Gasteiger partial charge in [-0.1, -0.05) is 54.6 Å². The predicted octanol–water partition coefficient (Wildman–Crippen LogP) is 5.74. The number of rotatable bonds is 1. The molecule has 1 N–H and O–H groups in total. The fourth-order valence-corrected chi connectivity index (χ4v) is 4.55. The van der Waals surface area contributed by atoms with E-state index in [0.29, 0.717) is 5.75 Å². The molecular formula is C24H20O. The summed E-state index contributed by atoms with van der Waals surface area (Å²) in [5.41, 5.74) is 12.0. The van der Waals surface area contributed by atoms with Crippen molar-refractivity contribution in [1.29, 1.82) is 0 Å². The maximum absolute atomic E-state index is 10.2. The molecule has 0 aliphatic heterocycles. The molecule has 3 aromatic carbocycles. The Morgan fingerprint density at radius 2 is 1.80 bits per heavy atom. The van der Waals surface area contributed by atoms with Crippen LogP contribution in [0, 0.1) is 13.8 Å². The first-order chi connectivity index (χ1) is 12.1.